The van der Waals surface area contributed by atoms with Crippen molar-refractivity contribution in [1.82, 2.24) is 14.3 Å². The van der Waals surface area contributed by atoms with Gasteiger partial charge in [-0.1, -0.05) is 35.6 Å². The lowest BCUT2D eigenvalue weighted by Gasteiger charge is -2.24. The Morgan fingerprint density at radius 2 is 1.92 bits per heavy atom. The van der Waals surface area contributed by atoms with Crippen LogP contribution in [-0.4, -0.2) is 20.3 Å². The fourth-order valence-corrected chi connectivity index (χ4v) is 6.44. The van der Waals surface area contributed by atoms with Crippen LogP contribution in [-0.2, 0) is 11.3 Å². The molecule has 1 aliphatic heterocycles. The van der Waals surface area contributed by atoms with Crippen LogP contribution in [0.15, 0.2) is 62.8 Å². The molecule has 0 radical (unpaired) electrons. The van der Waals surface area contributed by atoms with Gasteiger partial charge in [-0.2, -0.15) is 5.10 Å². The van der Waals surface area contributed by atoms with Crippen LogP contribution in [0.4, 0.5) is 5.69 Å². The summed E-state index contributed by atoms with van der Waals surface area (Å²) >= 11 is 2.87. The van der Waals surface area contributed by atoms with Crippen molar-refractivity contribution in [1.29, 1.82) is 0 Å². The highest BCUT2D eigenvalue weighted by Gasteiger charge is 2.33. The quantitative estimate of drug-likeness (QED) is 0.433. The second-order valence-corrected chi connectivity index (χ2v) is 10.8. The zero-order chi connectivity index (χ0) is 25.6. The first-order valence-electron chi connectivity index (χ1n) is 11.8. The summed E-state index contributed by atoms with van der Waals surface area (Å²) in [5.74, 6) is -0.255. The van der Waals surface area contributed by atoms with Crippen LogP contribution >= 0.6 is 22.7 Å². The second-order valence-electron chi connectivity index (χ2n) is 8.77. The molecule has 0 bridgehead atoms. The molecule has 4 aromatic rings. The Balaban J connectivity index is 1.66. The Hall–Kier alpha value is -3.56. The average molecular weight is 518 g/mol. The number of amides is 1. The number of carbonyl (C=O) groups excluding carboxylic acids is 1. The molecule has 1 amide bonds. The van der Waals surface area contributed by atoms with E-state index in [1.165, 1.54) is 22.7 Å². The van der Waals surface area contributed by atoms with Crippen molar-refractivity contribution >= 4 is 40.3 Å². The summed E-state index contributed by atoms with van der Waals surface area (Å²) in [6.07, 6.45) is 1.91. The largest absolute Gasteiger partial charge is 0.322 e. The van der Waals surface area contributed by atoms with E-state index in [4.69, 9.17) is 4.99 Å². The lowest BCUT2D eigenvalue weighted by atomic mass is 10.0. The number of nitrogens with zero attached hydrogens (tertiary/aromatic N) is 4. The van der Waals surface area contributed by atoms with Crippen molar-refractivity contribution in [3.63, 3.8) is 0 Å². The van der Waals surface area contributed by atoms with Crippen LogP contribution < -0.4 is 20.2 Å². The zero-order valence-electron chi connectivity index (χ0n) is 20.8. The van der Waals surface area contributed by atoms with Crippen LogP contribution in [0.25, 0.3) is 6.08 Å². The van der Waals surface area contributed by atoms with Crippen molar-refractivity contribution < 1.29 is 4.79 Å². The first-order chi connectivity index (χ1) is 17.3. The third kappa shape index (κ3) is 4.08. The standard InChI is InChI=1S/C27H27N5O2S2/c1-6-31-18(5)19(16(3)30-31)14-22-26(34)32-24(21-12-9-13-35-21)23(17(4)28-27(32)36-22)25(33)29-20-11-8-7-10-15(20)2/h7-14,24H,6H2,1-5H3,(H,29,33)/b22-14+. The predicted molar refractivity (Wildman–Crippen MR) is 145 cm³/mol. The molecule has 0 saturated carbocycles. The summed E-state index contributed by atoms with van der Waals surface area (Å²) in [6, 6.07) is 11.0. The molecule has 9 heteroatoms. The highest BCUT2D eigenvalue weighted by molar-refractivity contribution is 7.10. The summed E-state index contributed by atoms with van der Waals surface area (Å²) in [6.45, 7) is 10.6. The minimum atomic E-state index is -0.548. The number of benzene rings is 1. The first-order valence-corrected chi connectivity index (χ1v) is 13.5. The molecule has 0 saturated heterocycles. The zero-order valence-corrected chi connectivity index (χ0v) is 22.5. The Morgan fingerprint density at radius 3 is 2.58 bits per heavy atom. The monoisotopic (exact) mass is 517 g/mol. The number of thiophene rings is 1. The molecule has 7 nitrogen and oxygen atoms in total. The van der Waals surface area contributed by atoms with Gasteiger partial charge in [0.05, 0.1) is 21.5 Å². The summed E-state index contributed by atoms with van der Waals surface area (Å²) < 4.78 is 4.17. The SMILES string of the molecule is CCn1nc(C)c(/C=c2/sc3n(c2=O)C(c2cccs2)C(C(=O)Nc2ccccc2C)=C(C)N=3)c1C. The van der Waals surface area contributed by atoms with Crippen molar-refractivity contribution in [2.24, 2.45) is 4.99 Å². The van der Waals surface area contributed by atoms with Gasteiger partial charge in [0.2, 0.25) is 0 Å². The fraction of sp³-hybridized carbons (Fsp3) is 0.259. The van der Waals surface area contributed by atoms with Crippen molar-refractivity contribution in [2.75, 3.05) is 5.32 Å². The van der Waals surface area contributed by atoms with Crippen molar-refractivity contribution in [3.8, 4) is 0 Å². The average Bonchev–Trinajstić information content (AvgIpc) is 3.55. The molecular weight excluding hydrogens is 490 g/mol. The van der Waals surface area contributed by atoms with Crippen LogP contribution in [0.3, 0.4) is 0 Å². The van der Waals surface area contributed by atoms with Gasteiger partial charge in [0.1, 0.15) is 6.04 Å². The molecule has 1 aromatic carbocycles. The lowest BCUT2D eigenvalue weighted by molar-refractivity contribution is -0.113. The van der Waals surface area contributed by atoms with E-state index in [2.05, 4.69) is 10.4 Å². The Labute approximate surface area is 216 Å². The maximum Gasteiger partial charge on any atom is 0.271 e. The summed E-state index contributed by atoms with van der Waals surface area (Å²) in [7, 11) is 0. The maximum atomic E-state index is 13.8. The number of aromatic nitrogens is 3. The number of thiazole rings is 1. The summed E-state index contributed by atoms with van der Waals surface area (Å²) in [5, 5.41) is 9.59. The highest BCUT2D eigenvalue weighted by atomic mass is 32.1. The topological polar surface area (TPSA) is 81.3 Å². The Morgan fingerprint density at radius 1 is 1.14 bits per heavy atom. The summed E-state index contributed by atoms with van der Waals surface area (Å²) in [5.41, 5.74) is 5.48. The second kappa shape index (κ2) is 9.48. The van der Waals surface area contributed by atoms with Gasteiger partial charge >= 0.3 is 0 Å². The molecule has 184 valence electrons. The van der Waals surface area contributed by atoms with Crippen LogP contribution in [0.1, 0.15) is 47.3 Å². The van der Waals surface area contributed by atoms with E-state index in [-0.39, 0.29) is 11.5 Å². The van der Waals surface area contributed by atoms with Gasteiger partial charge in [-0.3, -0.25) is 18.8 Å². The van der Waals surface area contributed by atoms with Gasteiger partial charge < -0.3 is 5.32 Å². The van der Waals surface area contributed by atoms with Gasteiger partial charge in [0.15, 0.2) is 4.80 Å². The van der Waals surface area contributed by atoms with E-state index >= 15 is 0 Å². The normalized spacial score (nSPS) is 15.7. The minimum absolute atomic E-state index is 0.158. The van der Waals surface area contributed by atoms with Gasteiger partial charge in [0.25, 0.3) is 11.5 Å². The van der Waals surface area contributed by atoms with Crippen LogP contribution in [0.2, 0.25) is 0 Å². The van der Waals surface area contributed by atoms with Crippen molar-refractivity contribution in [2.45, 2.75) is 47.2 Å². The number of rotatable bonds is 5. The van der Waals surface area contributed by atoms with Crippen LogP contribution in [0, 0.1) is 20.8 Å². The van der Waals surface area contributed by atoms with Gasteiger partial charge in [-0.25, -0.2) is 4.99 Å². The molecule has 1 N–H and O–H groups in total. The van der Waals surface area contributed by atoms with E-state index in [1.54, 1.807) is 4.57 Å². The van der Waals surface area contributed by atoms with Crippen LogP contribution in [0.5, 0.6) is 0 Å². The smallest absolute Gasteiger partial charge is 0.271 e. The Kier molecular flexibility index (Phi) is 6.36. The molecule has 36 heavy (non-hydrogen) atoms. The molecule has 1 unspecified atom stereocenters. The maximum absolute atomic E-state index is 13.8. The number of allylic oxidation sites excluding steroid dienone is 1. The van der Waals surface area contributed by atoms with E-state index in [1.807, 2.05) is 87.2 Å². The lowest BCUT2D eigenvalue weighted by Crippen LogP contribution is -2.40. The molecule has 3 aromatic heterocycles. The van der Waals surface area contributed by atoms with E-state index in [0.717, 1.165) is 39.6 Å². The number of anilines is 1. The number of nitrogens with one attached hydrogen (secondary N) is 1. The number of carbonyl (C=O) groups is 1. The van der Waals surface area contributed by atoms with E-state index in [0.29, 0.717) is 20.6 Å². The minimum Gasteiger partial charge on any atom is -0.322 e. The van der Waals surface area contributed by atoms with E-state index < -0.39 is 6.04 Å². The first kappa shape index (κ1) is 24.1. The molecule has 5 rings (SSSR count). The molecule has 0 spiro atoms. The fourth-order valence-electron chi connectivity index (χ4n) is 4.59. The van der Waals surface area contributed by atoms with Crippen molar-refractivity contribution in [3.05, 3.63) is 100 Å². The molecule has 0 aliphatic carbocycles. The number of hydrogen-bond acceptors (Lipinski definition) is 6. The Bertz CT molecular complexity index is 1690. The number of para-hydroxylation sites is 1. The van der Waals surface area contributed by atoms with Gasteiger partial charge in [-0.05, 0) is 63.8 Å². The number of hydrogen-bond donors (Lipinski definition) is 1. The van der Waals surface area contributed by atoms with Gasteiger partial charge in [0, 0.05) is 28.4 Å². The summed E-state index contributed by atoms with van der Waals surface area (Å²) in [4.78, 5) is 33.7. The number of aryl methyl sites for hydroxylation is 3. The molecule has 1 aliphatic rings. The molecule has 1 atom stereocenters. The predicted octanol–water partition coefficient (Wildman–Crippen LogP) is 4.08. The third-order valence-corrected chi connectivity index (χ3v) is 8.39. The van der Waals surface area contributed by atoms with Gasteiger partial charge in [-0.15, -0.1) is 11.3 Å². The number of fused-ring (bicyclic) bond motifs is 1. The third-order valence-electron chi connectivity index (χ3n) is 6.48. The molecule has 0 fully saturated rings. The molecule has 4 heterocycles. The molecular formula is C27H27N5O2S2. The highest BCUT2D eigenvalue weighted by Crippen LogP contribution is 2.33. The van der Waals surface area contributed by atoms with E-state index in [9.17, 15) is 9.59 Å².